The Labute approximate surface area is 141 Å². The van der Waals surface area contributed by atoms with Crippen molar-refractivity contribution in [1.29, 1.82) is 0 Å². The lowest BCUT2D eigenvalue weighted by atomic mass is 10.0. The van der Waals surface area contributed by atoms with Crippen molar-refractivity contribution in [3.63, 3.8) is 0 Å². The van der Waals surface area contributed by atoms with Crippen LogP contribution in [-0.4, -0.2) is 35.0 Å². The van der Waals surface area contributed by atoms with Crippen LogP contribution in [0.3, 0.4) is 0 Å². The largest absolute Gasteiger partial charge is 0.481 e. The molecule has 7 nitrogen and oxygen atoms in total. The fourth-order valence-corrected chi connectivity index (χ4v) is 2.29. The van der Waals surface area contributed by atoms with Gasteiger partial charge in [-0.1, -0.05) is 44.2 Å². The number of nitrogens with two attached hydrogens (primary N) is 1. The number of hydrogen-bond donors (Lipinski definition) is 4. The minimum absolute atomic E-state index is 0.155. The van der Waals surface area contributed by atoms with E-state index in [2.05, 4.69) is 10.6 Å². The first-order chi connectivity index (χ1) is 11.4. The standard InChI is InChI=1S/C17H25N3O4/c1-3-13(11-8-6-5-7-9-11)19-17(24)14(4-2)20-16(23)12(18)10-15(21)22/h5-9,12-14H,3-4,10,18H2,1-2H3,(H,19,24)(H,20,23)(H,21,22)/t12-,13-,14+/m0/s1. The summed E-state index contributed by atoms with van der Waals surface area (Å²) < 4.78 is 0. The SMILES string of the molecule is CC[C@H](NC(=O)[C@@H](CC)NC(=O)[C@@H](N)CC(=O)O)c1ccccc1. The third-order valence-electron chi connectivity index (χ3n) is 3.70. The summed E-state index contributed by atoms with van der Waals surface area (Å²) in [7, 11) is 0. The molecule has 0 spiro atoms. The van der Waals surface area contributed by atoms with E-state index in [1.165, 1.54) is 0 Å². The van der Waals surface area contributed by atoms with Crippen LogP contribution in [0.25, 0.3) is 0 Å². The summed E-state index contributed by atoms with van der Waals surface area (Å²) in [6.07, 6.45) is 0.604. The van der Waals surface area contributed by atoms with Gasteiger partial charge in [-0.15, -0.1) is 0 Å². The van der Waals surface area contributed by atoms with Crippen molar-refractivity contribution < 1.29 is 19.5 Å². The van der Waals surface area contributed by atoms with Gasteiger partial charge in [0.1, 0.15) is 6.04 Å². The highest BCUT2D eigenvalue weighted by atomic mass is 16.4. The van der Waals surface area contributed by atoms with E-state index in [0.29, 0.717) is 12.8 Å². The highest BCUT2D eigenvalue weighted by Gasteiger charge is 2.25. The Hall–Kier alpha value is -2.41. The molecule has 0 aliphatic heterocycles. The first-order valence-corrected chi connectivity index (χ1v) is 8.02. The Morgan fingerprint density at radius 2 is 1.67 bits per heavy atom. The zero-order valence-electron chi connectivity index (χ0n) is 14.0. The molecule has 1 aromatic rings. The summed E-state index contributed by atoms with van der Waals surface area (Å²) >= 11 is 0. The zero-order chi connectivity index (χ0) is 18.1. The smallest absolute Gasteiger partial charge is 0.305 e. The maximum atomic E-state index is 12.4. The van der Waals surface area contributed by atoms with Crippen LogP contribution in [0, 0.1) is 0 Å². The van der Waals surface area contributed by atoms with Gasteiger partial charge in [-0.3, -0.25) is 14.4 Å². The van der Waals surface area contributed by atoms with E-state index in [1.54, 1.807) is 6.92 Å². The van der Waals surface area contributed by atoms with E-state index in [1.807, 2.05) is 37.3 Å². The average molecular weight is 335 g/mol. The number of benzene rings is 1. The van der Waals surface area contributed by atoms with E-state index in [0.717, 1.165) is 5.56 Å². The van der Waals surface area contributed by atoms with Crippen LogP contribution in [0.4, 0.5) is 0 Å². The molecule has 0 fully saturated rings. The molecular weight excluding hydrogens is 310 g/mol. The number of carbonyl (C=O) groups excluding carboxylic acids is 2. The minimum atomic E-state index is -1.18. The molecule has 0 unspecified atom stereocenters. The molecule has 5 N–H and O–H groups in total. The fourth-order valence-electron chi connectivity index (χ4n) is 2.29. The molecule has 0 heterocycles. The molecule has 0 aliphatic carbocycles. The number of amides is 2. The van der Waals surface area contributed by atoms with Crippen LogP contribution in [0.15, 0.2) is 30.3 Å². The molecule has 0 bridgehead atoms. The summed E-state index contributed by atoms with van der Waals surface area (Å²) in [5.74, 6) is -2.12. The molecule has 0 aliphatic rings. The number of nitrogens with one attached hydrogen (secondary N) is 2. The molecular formula is C17H25N3O4. The summed E-state index contributed by atoms with van der Waals surface area (Å²) in [4.78, 5) is 34.9. The molecule has 0 radical (unpaired) electrons. The Morgan fingerprint density at radius 3 is 2.17 bits per heavy atom. The Bertz CT molecular complexity index is 562. The number of carboxylic acid groups (broad SMARTS) is 1. The quantitative estimate of drug-likeness (QED) is 0.535. The number of aliphatic carboxylic acids is 1. The van der Waals surface area contributed by atoms with Crippen molar-refractivity contribution in [2.75, 3.05) is 0 Å². The second kappa shape index (κ2) is 9.67. The third kappa shape index (κ3) is 6.00. The molecule has 7 heteroatoms. The van der Waals surface area contributed by atoms with Crippen molar-refractivity contribution >= 4 is 17.8 Å². The molecule has 3 atom stereocenters. The summed E-state index contributed by atoms with van der Waals surface area (Å²) in [5, 5.41) is 14.1. The summed E-state index contributed by atoms with van der Waals surface area (Å²) in [5.41, 5.74) is 6.50. The predicted molar refractivity (Wildman–Crippen MR) is 90.1 cm³/mol. The van der Waals surface area contributed by atoms with E-state index in [9.17, 15) is 14.4 Å². The van der Waals surface area contributed by atoms with Gasteiger partial charge in [-0.2, -0.15) is 0 Å². The first-order valence-electron chi connectivity index (χ1n) is 8.02. The molecule has 0 saturated heterocycles. The van der Waals surface area contributed by atoms with Gasteiger partial charge in [0.05, 0.1) is 18.5 Å². The van der Waals surface area contributed by atoms with Crippen LogP contribution < -0.4 is 16.4 Å². The van der Waals surface area contributed by atoms with Crippen LogP contribution in [0.2, 0.25) is 0 Å². The van der Waals surface area contributed by atoms with Gasteiger partial charge in [0.2, 0.25) is 11.8 Å². The highest BCUT2D eigenvalue weighted by Crippen LogP contribution is 2.16. The van der Waals surface area contributed by atoms with Crippen molar-refractivity contribution in [2.24, 2.45) is 5.73 Å². The number of hydrogen-bond acceptors (Lipinski definition) is 4. The van der Waals surface area contributed by atoms with Crippen LogP contribution in [0.5, 0.6) is 0 Å². The van der Waals surface area contributed by atoms with Crippen molar-refractivity contribution in [1.82, 2.24) is 10.6 Å². The van der Waals surface area contributed by atoms with Gasteiger partial charge in [-0.05, 0) is 18.4 Å². The lowest BCUT2D eigenvalue weighted by Crippen LogP contribution is -2.52. The lowest BCUT2D eigenvalue weighted by Gasteiger charge is -2.23. The van der Waals surface area contributed by atoms with Crippen molar-refractivity contribution in [3.05, 3.63) is 35.9 Å². The van der Waals surface area contributed by atoms with Crippen LogP contribution in [-0.2, 0) is 14.4 Å². The summed E-state index contributed by atoms with van der Waals surface area (Å²) in [6, 6.07) is 7.46. The maximum Gasteiger partial charge on any atom is 0.305 e. The second-order valence-corrected chi connectivity index (χ2v) is 5.55. The third-order valence-corrected chi connectivity index (χ3v) is 3.70. The highest BCUT2D eigenvalue weighted by molar-refractivity contribution is 5.91. The molecule has 2 amide bonds. The normalized spacial score (nSPS) is 14.3. The first kappa shape index (κ1) is 19.6. The minimum Gasteiger partial charge on any atom is -0.481 e. The van der Waals surface area contributed by atoms with Crippen LogP contribution in [0.1, 0.15) is 44.7 Å². The van der Waals surface area contributed by atoms with Crippen molar-refractivity contribution in [2.45, 2.75) is 51.2 Å². The number of carbonyl (C=O) groups is 3. The van der Waals surface area contributed by atoms with Gasteiger partial charge < -0.3 is 21.5 Å². The molecule has 24 heavy (non-hydrogen) atoms. The Balaban J connectivity index is 2.68. The molecule has 0 aromatic heterocycles. The topological polar surface area (TPSA) is 122 Å². The van der Waals surface area contributed by atoms with Gasteiger partial charge in [-0.25, -0.2) is 0 Å². The number of rotatable bonds is 9. The van der Waals surface area contributed by atoms with Crippen LogP contribution >= 0.6 is 0 Å². The number of carboxylic acids is 1. The van der Waals surface area contributed by atoms with Gasteiger partial charge in [0, 0.05) is 0 Å². The fraction of sp³-hybridized carbons (Fsp3) is 0.471. The monoisotopic (exact) mass is 335 g/mol. The van der Waals surface area contributed by atoms with E-state index in [4.69, 9.17) is 10.8 Å². The van der Waals surface area contributed by atoms with Gasteiger partial charge in [0.25, 0.3) is 0 Å². The Kier molecular flexibility index (Phi) is 7.91. The molecule has 1 rings (SSSR count). The van der Waals surface area contributed by atoms with Gasteiger partial charge in [0.15, 0.2) is 0 Å². The van der Waals surface area contributed by atoms with E-state index in [-0.39, 0.29) is 11.9 Å². The zero-order valence-corrected chi connectivity index (χ0v) is 14.0. The molecule has 1 aromatic carbocycles. The maximum absolute atomic E-state index is 12.4. The van der Waals surface area contributed by atoms with Crippen molar-refractivity contribution in [3.8, 4) is 0 Å². The molecule has 0 saturated carbocycles. The molecule has 132 valence electrons. The lowest BCUT2D eigenvalue weighted by molar-refractivity contribution is -0.139. The van der Waals surface area contributed by atoms with E-state index < -0.39 is 30.4 Å². The summed E-state index contributed by atoms with van der Waals surface area (Å²) in [6.45, 7) is 3.72. The van der Waals surface area contributed by atoms with Gasteiger partial charge >= 0.3 is 5.97 Å². The Morgan fingerprint density at radius 1 is 1.04 bits per heavy atom. The van der Waals surface area contributed by atoms with E-state index >= 15 is 0 Å². The predicted octanol–water partition coefficient (Wildman–Crippen LogP) is 0.951. The second-order valence-electron chi connectivity index (χ2n) is 5.55. The average Bonchev–Trinajstić information content (AvgIpc) is 2.57.